The number of carbonyl (C=O) groups is 4. The van der Waals surface area contributed by atoms with Crippen LogP contribution in [0.15, 0.2) is 54.2 Å². The number of amides is 4. The summed E-state index contributed by atoms with van der Waals surface area (Å²) in [5.41, 5.74) is -2.12. The van der Waals surface area contributed by atoms with Gasteiger partial charge in [0.2, 0.25) is 11.8 Å². The Kier molecular flexibility index (Phi) is 12.9. The van der Waals surface area contributed by atoms with Crippen LogP contribution in [0.25, 0.3) is 10.4 Å². The smallest absolute Gasteiger partial charge is 0.420 e. The highest BCUT2D eigenvalue weighted by molar-refractivity contribution is 7.81. The number of pyridine rings is 1. The highest BCUT2D eigenvalue weighted by Crippen LogP contribution is 2.42. The molecule has 2 aromatic heterocycles. The summed E-state index contributed by atoms with van der Waals surface area (Å²) in [5, 5.41) is 24.6. The van der Waals surface area contributed by atoms with E-state index < -0.39 is 105 Å². The fraction of sp³-hybridized carbons (Fsp3) is 0.381. The average molecular weight is 913 g/mol. The molecule has 63 heavy (non-hydrogen) atoms. The number of aliphatic hydroxyl groups is 1. The number of carbonyl (C=O) groups excluding carboxylic acids is 4. The van der Waals surface area contributed by atoms with E-state index in [0.29, 0.717) is 11.0 Å². The van der Waals surface area contributed by atoms with Crippen LogP contribution >= 0.6 is 23.6 Å². The number of alkyl halides is 3. The molecule has 3 N–H and O–H groups in total. The zero-order valence-corrected chi connectivity index (χ0v) is 36.3. The van der Waals surface area contributed by atoms with Gasteiger partial charge in [-0.05, 0) is 61.7 Å². The summed E-state index contributed by atoms with van der Waals surface area (Å²) >= 11 is 6.92. The molecule has 0 bridgehead atoms. The van der Waals surface area contributed by atoms with Gasteiger partial charge in [0, 0.05) is 25.6 Å². The Labute approximate surface area is 367 Å². The first-order valence-electron chi connectivity index (χ1n) is 19.3. The van der Waals surface area contributed by atoms with Gasteiger partial charge in [0.1, 0.15) is 23.2 Å². The number of thiazole rings is 1. The number of aliphatic hydroxyl groups excluding tert-OH is 1. The third-order valence-electron chi connectivity index (χ3n) is 10.5. The lowest BCUT2D eigenvalue weighted by molar-refractivity contribution is -0.144. The molecule has 332 valence electrons. The predicted molar refractivity (Wildman–Crippen MR) is 224 cm³/mol. The third kappa shape index (κ3) is 9.33. The molecule has 4 heterocycles. The zero-order chi connectivity index (χ0) is 46.3. The van der Waals surface area contributed by atoms with Crippen molar-refractivity contribution < 1.29 is 51.0 Å². The van der Waals surface area contributed by atoms with E-state index in [0.717, 1.165) is 44.9 Å². The molecule has 2 aliphatic heterocycles. The molecule has 2 fully saturated rings. The monoisotopic (exact) mass is 912 g/mol. The summed E-state index contributed by atoms with van der Waals surface area (Å²) in [4.78, 5) is 66.3. The second-order valence-corrected chi connectivity index (χ2v) is 17.7. The van der Waals surface area contributed by atoms with Crippen molar-refractivity contribution in [2.24, 2.45) is 5.41 Å². The summed E-state index contributed by atoms with van der Waals surface area (Å²) in [5.74, 6) is -6.71. The number of aromatic nitrogens is 2. The number of benzene rings is 2. The molecule has 0 saturated carbocycles. The topological polar surface area (TPSA) is 181 Å². The number of β-amino-alcohol motifs (C(OH)–C–C–N with tert-alkyl or cyclic N) is 1. The quantitative estimate of drug-likeness (QED) is 0.123. The summed E-state index contributed by atoms with van der Waals surface area (Å²) in [6.45, 7) is 8.73. The van der Waals surface area contributed by atoms with E-state index in [1.54, 1.807) is 26.3 Å². The number of hydrogen-bond acceptors (Lipinski definition) is 11. The van der Waals surface area contributed by atoms with Gasteiger partial charge in [-0.1, -0.05) is 45.0 Å². The normalized spacial score (nSPS) is 18.0. The van der Waals surface area contributed by atoms with Gasteiger partial charge in [-0.3, -0.25) is 24.1 Å². The van der Waals surface area contributed by atoms with Crippen molar-refractivity contribution in [3.05, 3.63) is 88.2 Å². The van der Waals surface area contributed by atoms with Crippen LogP contribution < -0.4 is 25.2 Å². The molecule has 4 amide bonds. The van der Waals surface area contributed by atoms with E-state index in [2.05, 4.69) is 20.6 Å². The fourth-order valence-corrected chi connectivity index (χ4v) is 8.64. The van der Waals surface area contributed by atoms with Gasteiger partial charge in [0.25, 0.3) is 17.7 Å². The van der Waals surface area contributed by atoms with Gasteiger partial charge in [-0.15, -0.1) is 11.3 Å². The van der Waals surface area contributed by atoms with E-state index in [-0.39, 0.29) is 25.2 Å². The van der Waals surface area contributed by atoms with E-state index in [4.69, 9.17) is 22.2 Å². The lowest BCUT2D eigenvalue weighted by Gasteiger charge is -2.35. The Morgan fingerprint density at radius 2 is 1.79 bits per heavy atom. The predicted octanol–water partition coefficient (Wildman–Crippen LogP) is 5.79. The van der Waals surface area contributed by atoms with Crippen LogP contribution in [-0.4, -0.2) is 85.6 Å². The summed E-state index contributed by atoms with van der Waals surface area (Å²) < 4.78 is 77.6. The van der Waals surface area contributed by atoms with E-state index in [1.165, 1.54) is 36.2 Å². The number of hydrogen-bond donors (Lipinski definition) is 3. The molecule has 0 unspecified atom stereocenters. The highest BCUT2D eigenvalue weighted by Gasteiger charge is 2.52. The molecule has 0 aliphatic carbocycles. The van der Waals surface area contributed by atoms with E-state index >= 15 is 8.78 Å². The number of nitriles is 1. The first-order valence-corrected chi connectivity index (χ1v) is 20.6. The maximum absolute atomic E-state index is 15.6. The number of rotatable bonds is 11. The van der Waals surface area contributed by atoms with E-state index in [9.17, 15) is 37.5 Å². The molecule has 14 nitrogen and oxygen atoms in total. The minimum absolute atomic E-state index is 0.0349. The molecule has 6 rings (SSSR count). The number of anilines is 2. The Morgan fingerprint density at radius 3 is 2.38 bits per heavy atom. The van der Waals surface area contributed by atoms with Gasteiger partial charge in [-0.2, -0.15) is 18.4 Å². The first kappa shape index (κ1) is 46.4. The van der Waals surface area contributed by atoms with Crippen molar-refractivity contribution in [3.63, 3.8) is 0 Å². The Morgan fingerprint density at radius 1 is 1.11 bits per heavy atom. The molecule has 0 radical (unpaired) electrons. The number of ether oxygens (including phenoxy) is 1. The van der Waals surface area contributed by atoms with Crippen LogP contribution in [0.3, 0.4) is 0 Å². The van der Waals surface area contributed by atoms with Crippen LogP contribution in [0.1, 0.15) is 63.4 Å². The summed E-state index contributed by atoms with van der Waals surface area (Å²) in [7, 11) is 0. The maximum atomic E-state index is 15.6. The minimum Gasteiger partial charge on any atom is -0.465 e. The highest BCUT2D eigenvalue weighted by atomic mass is 32.1. The van der Waals surface area contributed by atoms with Crippen LogP contribution in [0.2, 0.25) is 0 Å². The van der Waals surface area contributed by atoms with Gasteiger partial charge < -0.3 is 30.3 Å². The van der Waals surface area contributed by atoms with Crippen molar-refractivity contribution in [1.82, 2.24) is 25.5 Å². The number of thiocarbonyl (C=S) groups is 1. The largest absolute Gasteiger partial charge is 0.465 e. The van der Waals surface area contributed by atoms with Gasteiger partial charge in [0.15, 0.2) is 23.4 Å². The summed E-state index contributed by atoms with van der Waals surface area (Å²) in [6.07, 6.45) is -5.32. The SMILES string of the molecule is Cc1ncsc1-c1ccc(CNC(=O)[C@@H]2C[C@@H](O)CN2C(=O)[C@@H](NC(=O)COc2ncc(N3C(=S)N(c4ccc(C#N)c(C(F)(F)F)c4F)C(=O)C3(C)C)cc2F)C(C)(C)C)cc1. The summed E-state index contributed by atoms with van der Waals surface area (Å²) in [6, 6.07) is 8.94. The van der Waals surface area contributed by atoms with Gasteiger partial charge in [0.05, 0.1) is 51.4 Å². The van der Waals surface area contributed by atoms with Crippen LogP contribution in [0.5, 0.6) is 5.88 Å². The molecule has 0 spiro atoms. The molecular formula is C42H41F5N8O6S2. The molecule has 2 aliphatic rings. The molecule has 21 heteroatoms. The molecule has 3 atom stereocenters. The fourth-order valence-electron chi connectivity index (χ4n) is 7.31. The first-order chi connectivity index (χ1) is 29.4. The average Bonchev–Trinajstić information content (AvgIpc) is 3.87. The minimum atomic E-state index is -5.29. The van der Waals surface area contributed by atoms with Crippen LogP contribution in [-0.2, 0) is 31.9 Å². The number of nitrogens with one attached hydrogen (secondary N) is 2. The maximum Gasteiger partial charge on any atom is 0.420 e. The molecule has 2 saturated heterocycles. The number of likely N-dealkylation sites (tertiary alicyclic amines) is 1. The zero-order valence-electron chi connectivity index (χ0n) is 34.6. The lowest BCUT2D eigenvalue weighted by atomic mass is 9.85. The van der Waals surface area contributed by atoms with Gasteiger partial charge in [-0.25, -0.2) is 18.7 Å². The number of nitrogens with zero attached hydrogens (tertiary/aromatic N) is 6. The third-order valence-corrected chi connectivity index (χ3v) is 11.9. The van der Waals surface area contributed by atoms with Crippen molar-refractivity contribution in [3.8, 4) is 22.4 Å². The molecule has 4 aromatic rings. The van der Waals surface area contributed by atoms with Crippen molar-refractivity contribution in [1.29, 1.82) is 5.26 Å². The number of halogens is 5. The Bertz CT molecular complexity index is 2520. The van der Waals surface area contributed by atoms with Crippen LogP contribution in [0, 0.1) is 35.3 Å². The van der Waals surface area contributed by atoms with E-state index in [1.807, 2.05) is 31.2 Å². The molecule has 2 aromatic carbocycles. The standard InChI is InChI=1S/C42H41F5N8O6S2/c1-21-33(63-20-51-21)23-9-7-22(8-10-23)16-49-35(58)29-14-26(56)18-53(29)37(59)34(40(2,3)4)52-30(57)19-61-36-27(43)13-25(17-50-36)55-39(62)54(38(60)41(55,5)6)28-12-11-24(15-48)31(32(28)44)42(45,46)47/h7-13,17,20,26,29,34,56H,14,16,18-19H2,1-6H3,(H,49,58)(H,52,57)/t26-,29+,34-/m1/s1. The second-order valence-electron chi connectivity index (χ2n) is 16.5. The Hall–Kier alpha value is -6.11. The number of aryl methyl sites for hydroxylation is 1. The lowest BCUT2D eigenvalue weighted by Crippen LogP contribution is -2.58. The van der Waals surface area contributed by atoms with Crippen molar-refractivity contribution in [2.75, 3.05) is 23.0 Å². The van der Waals surface area contributed by atoms with Crippen molar-refractivity contribution >= 4 is 63.7 Å². The molecular weight excluding hydrogens is 872 g/mol. The Balaban J connectivity index is 1.11. The van der Waals surface area contributed by atoms with Gasteiger partial charge >= 0.3 is 6.18 Å². The van der Waals surface area contributed by atoms with Crippen LogP contribution in [0.4, 0.5) is 33.3 Å². The second kappa shape index (κ2) is 17.6. The van der Waals surface area contributed by atoms with Crippen molar-refractivity contribution in [2.45, 2.75) is 84.4 Å².